The third-order valence-electron chi connectivity index (χ3n) is 5.02. The van der Waals surface area contributed by atoms with Crippen LogP contribution in [0.2, 0.25) is 0 Å². The van der Waals surface area contributed by atoms with E-state index >= 15 is 0 Å². The number of ether oxygens (including phenoxy) is 2. The Bertz CT molecular complexity index is 917. The van der Waals surface area contributed by atoms with Crippen molar-refractivity contribution >= 4 is 11.2 Å². The Morgan fingerprint density at radius 1 is 0.786 bits per heavy atom. The van der Waals surface area contributed by atoms with Gasteiger partial charge in [-0.3, -0.25) is 4.79 Å². The summed E-state index contributed by atoms with van der Waals surface area (Å²) in [6.45, 7) is -1.04. The lowest BCUT2D eigenvalue weighted by Crippen LogP contribution is -2.32. The third kappa shape index (κ3) is 2.92. The van der Waals surface area contributed by atoms with E-state index in [2.05, 4.69) is 19.9 Å². The average Bonchev–Trinajstić information content (AvgIpc) is 3.32. The fourth-order valence-corrected chi connectivity index (χ4v) is 3.46. The van der Waals surface area contributed by atoms with Gasteiger partial charge in [0.05, 0.1) is 13.2 Å². The van der Waals surface area contributed by atoms with Crippen LogP contribution in [0.4, 0.5) is 0 Å². The molecular formula is C15H20N4O9. The molecule has 154 valence electrons. The van der Waals surface area contributed by atoms with Gasteiger partial charge in [0.1, 0.15) is 60.5 Å². The van der Waals surface area contributed by atoms with Gasteiger partial charge in [-0.2, -0.15) is 0 Å². The molecule has 4 heterocycles. The Hall–Kier alpha value is -1.97. The van der Waals surface area contributed by atoms with Gasteiger partial charge in [-0.05, 0) is 0 Å². The fourth-order valence-electron chi connectivity index (χ4n) is 3.46. The molecule has 0 bridgehead atoms. The van der Waals surface area contributed by atoms with Gasteiger partial charge in [-0.25, -0.2) is 9.97 Å². The molecular weight excluding hydrogens is 380 g/mol. The molecule has 0 amide bonds. The van der Waals surface area contributed by atoms with Crippen LogP contribution in [-0.4, -0.2) is 100 Å². The van der Waals surface area contributed by atoms with E-state index in [4.69, 9.17) is 9.47 Å². The number of nitrogens with zero attached hydrogens (tertiary/aromatic N) is 2. The summed E-state index contributed by atoms with van der Waals surface area (Å²) in [5, 5.41) is 58.3. The van der Waals surface area contributed by atoms with Crippen LogP contribution < -0.4 is 5.56 Å². The highest BCUT2D eigenvalue weighted by molar-refractivity contribution is 5.69. The maximum Gasteiger partial charge on any atom is 0.277 e. The maximum atomic E-state index is 12.4. The van der Waals surface area contributed by atoms with Crippen LogP contribution in [0.15, 0.2) is 4.79 Å². The number of aliphatic hydroxyl groups is 6. The molecule has 2 fully saturated rings. The number of imidazole rings is 1. The number of rotatable bonds is 4. The minimum atomic E-state index is -1.42. The highest BCUT2D eigenvalue weighted by atomic mass is 16.6. The summed E-state index contributed by atoms with van der Waals surface area (Å²) in [5.41, 5.74) is -0.754. The molecule has 8 atom stereocenters. The van der Waals surface area contributed by atoms with Crippen molar-refractivity contribution in [3.8, 4) is 0 Å². The number of H-pyrrole nitrogens is 2. The van der Waals surface area contributed by atoms with Crippen molar-refractivity contribution in [3.05, 3.63) is 22.0 Å². The van der Waals surface area contributed by atoms with Crippen molar-refractivity contribution < 1.29 is 40.1 Å². The van der Waals surface area contributed by atoms with Gasteiger partial charge in [0.2, 0.25) is 0 Å². The predicted molar refractivity (Wildman–Crippen MR) is 87.9 cm³/mol. The zero-order valence-electron chi connectivity index (χ0n) is 14.3. The summed E-state index contributed by atoms with van der Waals surface area (Å²) >= 11 is 0. The van der Waals surface area contributed by atoms with Gasteiger partial charge in [-0.1, -0.05) is 0 Å². The highest BCUT2D eigenvalue weighted by Crippen LogP contribution is 2.34. The van der Waals surface area contributed by atoms with E-state index < -0.39 is 67.6 Å². The maximum absolute atomic E-state index is 12.4. The van der Waals surface area contributed by atoms with Crippen LogP contribution in [0.1, 0.15) is 23.9 Å². The highest BCUT2D eigenvalue weighted by Gasteiger charge is 2.46. The van der Waals surface area contributed by atoms with Gasteiger partial charge in [0.15, 0.2) is 11.2 Å². The van der Waals surface area contributed by atoms with Gasteiger partial charge in [0.25, 0.3) is 5.56 Å². The number of nitrogens with one attached hydrogen (secondary N) is 2. The molecule has 2 aliphatic rings. The Morgan fingerprint density at radius 2 is 1.25 bits per heavy atom. The summed E-state index contributed by atoms with van der Waals surface area (Å²) < 4.78 is 10.7. The van der Waals surface area contributed by atoms with Crippen LogP contribution in [0.3, 0.4) is 0 Å². The van der Waals surface area contributed by atoms with Crippen molar-refractivity contribution in [1.82, 2.24) is 19.9 Å². The molecule has 2 saturated heterocycles. The number of hydrogen-bond acceptors (Lipinski definition) is 11. The smallest absolute Gasteiger partial charge is 0.277 e. The zero-order chi connectivity index (χ0) is 20.2. The Morgan fingerprint density at radius 3 is 1.68 bits per heavy atom. The van der Waals surface area contributed by atoms with Crippen molar-refractivity contribution in [1.29, 1.82) is 0 Å². The topological polar surface area (TPSA) is 214 Å². The summed E-state index contributed by atoms with van der Waals surface area (Å²) in [5.74, 6) is -0.0759. The predicted octanol–water partition coefficient (Wildman–Crippen LogP) is -4.05. The minimum absolute atomic E-state index is 0.0220. The second kappa shape index (κ2) is 7.13. The van der Waals surface area contributed by atoms with Crippen molar-refractivity contribution in [3.63, 3.8) is 0 Å². The molecule has 2 aromatic rings. The van der Waals surface area contributed by atoms with Gasteiger partial charge >= 0.3 is 0 Å². The molecule has 0 aromatic carbocycles. The van der Waals surface area contributed by atoms with E-state index in [1.54, 1.807) is 0 Å². The molecule has 2 unspecified atom stereocenters. The van der Waals surface area contributed by atoms with E-state index in [0.717, 1.165) is 0 Å². The summed E-state index contributed by atoms with van der Waals surface area (Å²) in [6, 6.07) is 0. The number of aromatic amines is 2. The Balaban J connectivity index is 1.68. The second-order valence-corrected chi connectivity index (χ2v) is 6.79. The van der Waals surface area contributed by atoms with E-state index in [0.29, 0.717) is 0 Å². The normalized spacial score (nSPS) is 38.5. The largest absolute Gasteiger partial charge is 0.394 e. The third-order valence-corrected chi connectivity index (χ3v) is 5.02. The molecule has 2 aromatic heterocycles. The SMILES string of the molecule is O=c1[nH]c(C2O[C@H](CO)[C@@H](O)[C@H]2O)nc2nc(C3O[C@H](CO)[C@@H](O)[C@H]3O)[nH]c12. The summed E-state index contributed by atoms with van der Waals surface area (Å²) in [6.07, 6.45) is -9.82. The molecule has 8 N–H and O–H groups in total. The summed E-state index contributed by atoms with van der Waals surface area (Å²) in [4.78, 5) is 25.7. The van der Waals surface area contributed by atoms with E-state index in [-0.39, 0.29) is 22.8 Å². The van der Waals surface area contributed by atoms with E-state index in [1.165, 1.54) is 0 Å². The first-order valence-electron chi connectivity index (χ1n) is 8.60. The first-order valence-corrected chi connectivity index (χ1v) is 8.60. The lowest BCUT2D eigenvalue weighted by molar-refractivity contribution is -0.0253. The van der Waals surface area contributed by atoms with Crippen LogP contribution in [0, 0.1) is 0 Å². The Labute approximate surface area is 156 Å². The molecule has 0 saturated carbocycles. The quantitative estimate of drug-likeness (QED) is 0.247. The lowest BCUT2D eigenvalue weighted by atomic mass is 10.1. The lowest BCUT2D eigenvalue weighted by Gasteiger charge is -2.13. The molecule has 2 aliphatic heterocycles. The van der Waals surface area contributed by atoms with Crippen molar-refractivity contribution in [2.75, 3.05) is 13.2 Å². The standard InChI is InChI=1S/C15H20N4O9/c20-1-3-6(22)8(24)10(27-3)13-16-5-12(17-13)18-14(19-15(5)26)11-9(25)7(23)4(2-21)28-11/h3-4,6-11,20-25H,1-2H2,(H2,16,17,18,19,26)/t3-,4-,6-,7-,8-,9-,10?,11?/m1/s1. The van der Waals surface area contributed by atoms with Gasteiger partial charge < -0.3 is 50.1 Å². The van der Waals surface area contributed by atoms with Crippen LogP contribution in [-0.2, 0) is 9.47 Å². The molecule has 13 heteroatoms. The molecule has 0 spiro atoms. The first-order chi connectivity index (χ1) is 13.3. The second-order valence-electron chi connectivity index (χ2n) is 6.79. The number of fused-ring (bicyclic) bond motifs is 1. The molecule has 28 heavy (non-hydrogen) atoms. The Kier molecular flexibility index (Phi) is 4.93. The van der Waals surface area contributed by atoms with Crippen molar-refractivity contribution in [2.45, 2.75) is 48.8 Å². The van der Waals surface area contributed by atoms with E-state index in [1.807, 2.05) is 0 Å². The molecule has 0 aliphatic carbocycles. The fraction of sp³-hybridized carbons (Fsp3) is 0.667. The van der Waals surface area contributed by atoms with Crippen LogP contribution in [0.5, 0.6) is 0 Å². The molecule has 0 radical (unpaired) electrons. The average molecular weight is 400 g/mol. The number of hydrogen-bond donors (Lipinski definition) is 8. The number of aliphatic hydroxyl groups excluding tert-OH is 6. The monoisotopic (exact) mass is 400 g/mol. The molecule has 13 nitrogen and oxygen atoms in total. The minimum Gasteiger partial charge on any atom is -0.394 e. The first kappa shape index (κ1) is 19.4. The molecule has 4 rings (SSSR count). The van der Waals surface area contributed by atoms with E-state index in [9.17, 15) is 35.4 Å². The summed E-state index contributed by atoms with van der Waals surface area (Å²) in [7, 11) is 0. The van der Waals surface area contributed by atoms with Crippen LogP contribution >= 0.6 is 0 Å². The van der Waals surface area contributed by atoms with Gasteiger partial charge in [0, 0.05) is 0 Å². The zero-order valence-corrected chi connectivity index (χ0v) is 14.3. The number of aromatic nitrogens is 4. The van der Waals surface area contributed by atoms with Crippen LogP contribution in [0.25, 0.3) is 11.2 Å². The van der Waals surface area contributed by atoms with Gasteiger partial charge in [-0.15, -0.1) is 0 Å². The van der Waals surface area contributed by atoms with Crippen molar-refractivity contribution in [2.24, 2.45) is 0 Å².